The molecule has 0 spiro atoms. The van der Waals surface area contributed by atoms with Crippen molar-refractivity contribution in [3.05, 3.63) is 29.8 Å². The number of hydrogen-bond acceptors (Lipinski definition) is 3. The predicted molar refractivity (Wildman–Crippen MR) is 72.7 cm³/mol. The molecule has 0 heterocycles. The number of nitrogens with two attached hydrogens (primary N) is 1. The Morgan fingerprint density at radius 2 is 1.71 bits per heavy atom. The first-order chi connectivity index (χ1) is 8.22. The van der Waals surface area contributed by atoms with Crippen molar-refractivity contribution in [2.24, 2.45) is 0 Å². The van der Waals surface area contributed by atoms with Crippen LogP contribution >= 0.6 is 0 Å². The lowest BCUT2D eigenvalue weighted by atomic mass is 10.1. The monoisotopic (exact) mass is 236 g/mol. The Balaban J connectivity index is 2.16. The molecule has 0 atom stereocenters. The van der Waals surface area contributed by atoms with Gasteiger partial charge in [0.05, 0.1) is 0 Å². The van der Waals surface area contributed by atoms with Crippen LogP contribution < -0.4 is 5.73 Å². The number of rotatable bonds is 8. The molecule has 0 aliphatic carbocycles. The third-order valence-corrected chi connectivity index (χ3v) is 2.88. The second-order valence-corrected chi connectivity index (χ2v) is 4.62. The SMILES string of the molecule is CN(CCCCCCO)Cc1ccc(N)cc1. The highest BCUT2D eigenvalue weighted by molar-refractivity contribution is 5.39. The van der Waals surface area contributed by atoms with E-state index in [4.69, 9.17) is 10.8 Å². The van der Waals surface area contributed by atoms with Gasteiger partial charge in [-0.15, -0.1) is 0 Å². The second-order valence-electron chi connectivity index (χ2n) is 4.62. The molecule has 0 saturated carbocycles. The number of anilines is 1. The van der Waals surface area contributed by atoms with Crippen LogP contribution in [0.2, 0.25) is 0 Å². The van der Waals surface area contributed by atoms with Crippen molar-refractivity contribution < 1.29 is 5.11 Å². The summed E-state index contributed by atoms with van der Waals surface area (Å²) in [5.41, 5.74) is 7.77. The topological polar surface area (TPSA) is 49.5 Å². The summed E-state index contributed by atoms with van der Waals surface area (Å²) in [4.78, 5) is 2.32. The van der Waals surface area contributed by atoms with E-state index in [-0.39, 0.29) is 0 Å². The van der Waals surface area contributed by atoms with Gasteiger partial charge in [0.1, 0.15) is 0 Å². The van der Waals surface area contributed by atoms with Gasteiger partial charge in [-0.2, -0.15) is 0 Å². The van der Waals surface area contributed by atoms with E-state index in [9.17, 15) is 0 Å². The smallest absolute Gasteiger partial charge is 0.0431 e. The fourth-order valence-corrected chi connectivity index (χ4v) is 1.86. The highest BCUT2D eigenvalue weighted by Crippen LogP contribution is 2.08. The first-order valence-electron chi connectivity index (χ1n) is 6.36. The van der Waals surface area contributed by atoms with Crippen LogP contribution in [0.1, 0.15) is 31.2 Å². The zero-order valence-electron chi connectivity index (χ0n) is 10.7. The molecule has 3 heteroatoms. The summed E-state index contributed by atoms with van der Waals surface area (Å²) in [6.45, 7) is 2.40. The van der Waals surface area contributed by atoms with E-state index in [2.05, 4.69) is 24.1 Å². The lowest BCUT2D eigenvalue weighted by molar-refractivity contribution is 0.277. The molecule has 3 nitrogen and oxygen atoms in total. The second kappa shape index (κ2) is 8.09. The number of aliphatic hydroxyl groups excluding tert-OH is 1. The van der Waals surface area contributed by atoms with E-state index in [1.54, 1.807) is 0 Å². The average Bonchev–Trinajstić information content (AvgIpc) is 2.32. The van der Waals surface area contributed by atoms with Crippen molar-refractivity contribution in [1.29, 1.82) is 0 Å². The summed E-state index contributed by atoms with van der Waals surface area (Å²) in [6.07, 6.45) is 4.46. The van der Waals surface area contributed by atoms with Gasteiger partial charge in [-0.25, -0.2) is 0 Å². The molecule has 0 fully saturated rings. The van der Waals surface area contributed by atoms with E-state index in [1.165, 1.54) is 18.4 Å². The van der Waals surface area contributed by atoms with Crippen LogP contribution in [0.5, 0.6) is 0 Å². The Labute approximate surface area is 104 Å². The fraction of sp³-hybridized carbons (Fsp3) is 0.571. The van der Waals surface area contributed by atoms with Crippen LogP contribution in [0.3, 0.4) is 0 Å². The van der Waals surface area contributed by atoms with Crippen molar-refractivity contribution in [3.8, 4) is 0 Å². The fourth-order valence-electron chi connectivity index (χ4n) is 1.86. The van der Waals surface area contributed by atoms with Gasteiger partial charge in [-0.1, -0.05) is 25.0 Å². The van der Waals surface area contributed by atoms with Gasteiger partial charge in [-0.05, 0) is 44.1 Å². The third-order valence-electron chi connectivity index (χ3n) is 2.88. The summed E-state index contributed by atoms with van der Waals surface area (Å²) in [7, 11) is 2.14. The maximum atomic E-state index is 8.67. The van der Waals surface area contributed by atoms with E-state index < -0.39 is 0 Å². The first-order valence-corrected chi connectivity index (χ1v) is 6.36. The molecule has 0 aliphatic heterocycles. The number of nitrogens with zero attached hydrogens (tertiary/aromatic N) is 1. The molecule has 96 valence electrons. The number of nitrogen functional groups attached to an aromatic ring is 1. The molecule has 3 N–H and O–H groups in total. The van der Waals surface area contributed by atoms with Gasteiger partial charge in [-0.3, -0.25) is 0 Å². The normalized spacial score (nSPS) is 11.0. The average molecular weight is 236 g/mol. The quantitative estimate of drug-likeness (QED) is 0.537. The minimum atomic E-state index is 0.321. The van der Waals surface area contributed by atoms with Crippen molar-refractivity contribution in [3.63, 3.8) is 0 Å². The Morgan fingerprint density at radius 3 is 2.35 bits per heavy atom. The van der Waals surface area contributed by atoms with E-state index in [1.807, 2.05) is 12.1 Å². The van der Waals surface area contributed by atoms with Gasteiger partial charge < -0.3 is 15.7 Å². The van der Waals surface area contributed by atoms with Crippen LogP contribution in [-0.2, 0) is 6.54 Å². The number of unbranched alkanes of at least 4 members (excludes halogenated alkanes) is 3. The lowest BCUT2D eigenvalue weighted by Crippen LogP contribution is -2.19. The molecule has 1 aromatic carbocycles. The standard InChI is InChI=1S/C14H24N2O/c1-16(10-4-2-3-5-11-17)12-13-6-8-14(15)9-7-13/h6-9,17H,2-5,10-12,15H2,1H3. The zero-order chi connectivity index (χ0) is 12.5. The molecular weight excluding hydrogens is 212 g/mol. The van der Waals surface area contributed by atoms with Crippen molar-refractivity contribution in [1.82, 2.24) is 4.90 Å². The van der Waals surface area contributed by atoms with Crippen LogP contribution in [-0.4, -0.2) is 30.2 Å². The van der Waals surface area contributed by atoms with Crippen molar-refractivity contribution in [2.75, 3.05) is 25.9 Å². The van der Waals surface area contributed by atoms with Crippen molar-refractivity contribution in [2.45, 2.75) is 32.2 Å². The molecule has 0 saturated heterocycles. The van der Waals surface area contributed by atoms with Gasteiger partial charge >= 0.3 is 0 Å². The Kier molecular flexibility index (Phi) is 6.67. The summed E-state index contributed by atoms with van der Waals surface area (Å²) in [6, 6.07) is 8.06. The molecular formula is C14H24N2O. The number of hydrogen-bond donors (Lipinski definition) is 2. The first kappa shape index (κ1) is 14.0. The number of aliphatic hydroxyl groups is 1. The van der Waals surface area contributed by atoms with Gasteiger partial charge in [0, 0.05) is 18.8 Å². The molecule has 0 aromatic heterocycles. The van der Waals surface area contributed by atoms with E-state index in [0.717, 1.165) is 31.6 Å². The maximum Gasteiger partial charge on any atom is 0.0431 e. The van der Waals surface area contributed by atoms with Gasteiger partial charge in [0.2, 0.25) is 0 Å². The molecule has 0 unspecified atom stereocenters. The highest BCUT2D eigenvalue weighted by atomic mass is 16.2. The molecule has 17 heavy (non-hydrogen) atoms. The zero-order valence-corrected chi connectivity index (χ0v) is 10.7. The summed E-state index contributed by atoms with van der Waals surface area (Å²) in [5.74, 6) is 0. The Hall–Kier alpha value is -1.06. The summed E-state index contributed by atoms with van der Waals surface area (Å²) >= 11 is 0. The molecule has 0 aliphatic rings. The third kappa shape index (κ3) is 6.29. The Bertz CT molecular complexity index is 298. The molecule has 1 rings (SSSR count). The molecule has 0 amide bonds. The lowest BCUT2D eigenvalue weighted by Gasteiger charge is -2.16. The molecule has 0 radical (unpaired) electrons. The predicted octanol–water partition coefficient (Wildman–Crippen LogP) is 2.25. The Morgan fingerprint density at radius 1 is 1.06 bits per heavy atom. The molecule has 0 bridgehead atoms. The van der Waals surface area contributed by atoms with Crippen LogP contribution in [0.15, 0.2) is 24.3 Å². The van der Waals surface area contributed by atoms with E-state index in [0.29, 0.717) is 6.61 Å². The largest absolute Gasteiger partial charge is 0.399 e. The highest BCUT2D eigenvalue weighted by Gasteiger charge is 2.00. The van der Waals surface area contributed by atoms with Crippen LogP contribution in [0.4, 0.5) is 5.69 Å². The molecule has 1 aromatic rings. The van der Waals surface area contributed by atoms with Gasteiger partial charge in [0.25, 0.3) is 0 Å². The van der Waals surface area contributed by atoms with E-state index >= 15 is 0 Å². The summed E-state index contributed by atoms with van der Waals surface area (Å²) < 4.78 is 0. The summed E-state index contributed by atoms with van der Waals surface area (Å²) in [5, 5.41) is 8.67. The maximum absolute atomic E-state index is 8.67. The van der Waals surface area contributed by atoms with Crippen LogP contribution in [0.25, 0.3) is 0 Å². The van der Waals surface area contributed by atoms with Crippen molar-refractivity contribution >= 4 is 5.69 Å². The van der Waals surface area contributed by atoms with Crippen LogP contribution in [0, 0.1) is 0 Å². The van der Waals surface area contributed by atoms with Gasteiger partial charge in [0.15, 0.2) is 0 Å². The minimum Gasteiger partial charge on any atom is -0.399 e. The minimum absolute atomic E-state index is 0.321. The number of benzene rings is 1.